The maximum atomic E-state index is 11.8. The molecule has 1 N–H and O–H groups in total. The Balaban J connectivity index is 2.07. The standard InChI is InChI=1S/C15H21NO2/c1-10-6-4-5-7-13(10)11(2)16-14(12-8-9-12)15(17)18-3/h4-7,11-12,14,16H,8-9H2,1-3H3/t11-,14?/m0/s1. The molecule has 2 atom stereocenters. The summed E-state index contributed by atoms with van der Waals surface area (Å²) in [6.07, 6.45) is 2.24. The molecule has 2 rings (SSSR count). The number of aryl methyl sites for hydroxylation is 1. The Hall–Kier alpha value is -1.35. The fourth-order valence-electron chi connectivity index (χ4n) is 2.38. The Labute approximate surface area is 109 Å². The van der Waals surface area contributed by atoms with Crippen LogP contribution in [0.5, 0.6) is 0 Å². The zero-order valence-electron chi connectivity index (χ0n) is 11.3. The molecular weight excluding hydrogens is 226 g/mol. The van der Waals surface area contributed by atoms with E-state index in [0.717, 1.165) is 12.8 Å². The van der Waals surface area contributed by atoms with Crippen LogP contribution in [0.4, 0.5) is 0 Å². The highest BCUT2D eigenvalue weighted by atomic mass is 16.5. The van der Waals surface area contributed by atoms with Crippen LogP contribution in [0.2, 0.25) is 0 Å². The molecule has 0 spiro atoms. The van der Waals surface area contributed by atoms with Crippen molar-refractivity contribution in [3.05, 3.63) is 35.4 Å². The normalized spacial score (nSPS) is 18.2. The van der Waals surface area contributed by atoms with Crippen molar-refractivity contribution in [1.82, 2.24) is 5.32 Å². The van der Waals surface area contributed by atoms with Gasteiger partial charge in [-0.25, -0.2) is 0 Å². The molecule has 0 radical (unpaired) electrons. The Morgan fingerprint density at radius 2 is 2.06 bits per heavy atom. The van der Waals surface area contributed by atoms with Gasteiger partial charge in [0.05, 0.1) is 7.11 Å². The van der Waals surface area contributed by atoms with Crippen LogP contribution in [0.3, 0.4) is 0 Å². The molecule has 3 nitrogen and oxygen atoms in total. The zero-order valence-corrected chi connectivity index (χ0v) is 11.3. The van der Waals surface area contributed by atoms with Gasteiger partial charge in [-0.05, 0) is 43.7 Å². The van der Waals surface area contributed by atoms with E-state index in [0.29, 0.717) is 5.92 Å². The summed E-state index contributed by atoms with van der Waals surface area (Å²) in [7, 11) is 1.46. The van der Waals surface area contributed by atoms with E-state index >= 15 is 0 Å². The summed E-state index contributed by atoms with van der Waals surface area (Å²) in [6, 6.07) is 8.27. The number of carbonyl (C=O) groups is 1. The Morgan fingerprint density at radius 3 is 2.61 bits per heavy atom. The molecule has 1 aliphatic carbocycles. The van der Waals surface area contributed by atoms with E-state index in [-0.39, 0.29) is 18.1 Å². The van der Waals surface area contributed by atoms with Gasteiger partial charge < -0.3 is 4.74 Å². The Morgan fingerprint density at radius 1 is 1.39 bits per heavy atom. The summed E-state index contributed by atoms with van der Waals surface area (Å²) in [5.41, 5.74) is 2.49. The van der Waals surface area contributed by atoms with Crippen molar-refractivity contribution in [1.29, 1.82) is 0 Å². The van der Waals surface area contributed by atoms with E-state index in [4.69, 9.17) is 4.74 Å². The smallest absolute Gasteiger partial charge is 0.323 e. The summed E-state index contributed by atoms with van der Waals surface area (Å²) in [6.45, 7) is 4.19. The number of hydrogen-bond acceptors (Lipinski definition) is 3. The molecule has 0 amide bonds. The first-order chi connectivity index (χ1) is 8.63. The van der Waals surface area contributed by atoms with E-state index < -0.39 is 0 Å². The van der Waals surface area contributed by atoms with Crippen LogP contribution in [0, 0.1) is 12.8 Å². The van der Waals surface area contributed by atoms with Crippen molar-refractivity contribution in [2.45, 2.75) is 38.8 Å². The third-order valence-electron chi connectivity index (χ3n) is 3.63. The van der Waals surface area contributed by atoms with Gasteiger partial charge in [0, 0.05) is 6.04 Å². The van der Waals surface area contributed by atoms with Gasteiger partial charge in [-0.15, -0.1) is 0 Å². The molecule has 1 aromatic rings. The molecule has 1 saturated carbocycles. The summed E-state index contributed by atoms with van der Waals surface area (Å²) in [5, 5.41) is 3.41. The largest absolute Gasteiger partial charge is 0.468 e. The monoisotopic (exact) mass is 247 g/mol. The zero-order chi connectivity index (χ0) is 13.1. The maximum Gasteiger partial charge on any atom is 0.323 e. The Bertz CT molecular complexity index is 426. The first-order valence-electron chi connectivity index (χ1n) is 6.53. The Kier molecular flexibility index (Phi) is 4.02. The lowest BCUT2D eigenvalue weighted by molar-refractivity contribution is -0.144. The number of nitrogens with one attached hydrogen (secondary N) is 1. The molecule has 98 valence electrons. The van der Waals surface area contributed by atoms with Gasteiger partial charge in [-0.3, -0.25) is 10.1 Å². The van der Waals surface area contributed by atoms with E-state index in [1.165, 1.54) is 18.2 Å². The van der Waals surface area contributed by atoms with E-state index in [1.54, 1.807) is 0 Å². The quantitative estimate of drug-likeness (QED) is 0.813. The molecule has 0 bridgehead atoms. The molecule has 0 saturated heterocycles. The molecule has 0 heterocycles. The number of hydrogen-bond donors (Lipinski definition) is 1. The first kappa shape index (κ1) is 13.1. The predicted octanol–water partition coefficient (Wildman–Crippen LogP) is 2.60. The lowest BCUT2D eigenvalue weighted by Crippen LogP contribution is -2.41. The van der Waals surface area contributed by atoms with Crippen molar-refractivity contribution in [3.63, 3.8) is 0 Å². The second-order valence-electron chi connectivity index (χ2n) is 5.08. The summed E-state index contributed by atoms with van der Waals surface area (Å²) in [4.78, 5) is 11.8. The molecule has 1 unspecified atom stereocenters. The highest BCUT2D eigenvalue weighted by Crippen LogP contribution is 2.34. The summed E-state index contributed by atoms with van der Waals surface area (Å²) < 4.78 is 4.88. The van der Waals surface area contributed by atoms with Gasteiger partial charge in [-0.2, -0.15) is 0 Å². The molecule has 18 heavy (non-hydrogen) atoms. The second-order valence-corrected chi connectivity index (χ2v) is 5.08. The maximum absolute atomic E-state index is 11.8. The van der Waals surface area contributed by atoms with Gasteiger partial charge in [-0.1, -0.05) is 24.3 Å². The number of methoxy groups -OCH3 is 1. The van der Waals surface area contributed by atoms with E-state index in [2.05, 4.69) is 31.3 Å². The average molecular weight is 247 g/mol. The lowest BCUT2D eigenvalue weighted by atomic mass is 10.0. The van der Waals surface area contributed by atoms with Crippen molar-refractivity contribution in [2.75, 3.05) is 7.11 Å². The minimum absolute atomic E-state index is 0.141. The van der Waals surface area contributed by atoms with E-state index in [1.807, 2.05) is 12.1 Å². The van der Waals surface area contributed by atoms with Crippen molar-refractivity contribution < 1.29 is 9.53 Å². The molecule has 1 aromatic carbocycles. The van der Waals surface area contributed by atoms with Crippen molar-refractivity contribution in [3.8, 4) is 0 Å². The third-order valence-corrected chi connectivity index (χ3v) is 3.63. The lowest BCUT2D eigenvalue weighted by Gasteiger charge is -2.22. The molecule has 0 aromatic heterocycles. The molecule has 1 aliphatic rings. The average Bonchev–Trinajstić information content (AvgIpc) is 3.19. The van der Waals surface area contributed by atoms with Gasteiger partial charge in [0.25, 0.3) is 0 Å². The highest BCUT2D eigenvalue weighted by molar-refractivity contribution is 5.76. The number of rotatable bonds is 5. The molecule has 3 heteroatoms. The predicted molar refractivity (Wildman–Crippen MR) is 71.3 cm³/mol. The SMILES string of the molecule is COC(=O)C(N[C@@H](C)c1ccccc1C)C1CC1. The minimum atomic E-state index is -0.162. The molecular formula is C15H21NO2. The molecule has 1 fully saturated rings. The van der Waals surface area contributed by atoms with Crippen molar-refractivity contribution >= 4 is 5.97 Å². The third kappa shape index (κ3) is 2.91. The highest BCUT2D eigenvalue weighted by Gasteiger charge is 2.37. The van der Waals surface area contributed by atoms with Crippen LogP contribution in [0.15, 0.2) is 24.3 Å². The van der Waals surface area contributed by atoms with Gasteiger partial charge >= 0.3 is 5.97 Å². The summed E-state index contributed by atoms with van der Waals surface area (Å²) >= 11 is 0. The van der Waals surface area contributed by atoms with Crippen molar-refractivity contribution in [2.24, 2.45) is 5.92 Å². The fourth-order valence-corrected chi connectivity index (χ4v) is 2.38. The van der Waals surface area contributed by atoms with Gasteiger partial charge in [0.15, 0.2) is 0 Å². The first-order valence-corrected chi connectivity index (χ1v) is 6.53. The van der Waals surface area contributed by atoms with Gasteiger partial charge in [0.1, 0.15) is 6.04 Å². The minimum Gasteiger partial charge on any atom is -0.468 e. The number of esters is 1. The topological polar surface area (TPSA) is 38.3 Å². The van der Waals surface area contributed by atoms with Gasteiger partial charge in [0.2, 0.25) is 0 Å². The van der Waals surface area contributed by atoms with Crippen LogP contribution in [0.25, 0.3) is 0 Å². The second kappa shape index (κ2) is 5.53. The van der Waals surface area contributed by atoms with Crippen LogP contribution in [-0.2, 0) is 9.53 Å². The van der Waals surface area contributed by atoms with Crippen LogP contribution >= 0.6 is 0 Å². The number of ether oxygens (including phenoxy) is 1. The van der Waals surface area contributed by atoms with Crippen LogP contribution < -0.4 is 5.32 Å². The number of benzene rings is 1. The van der Waals surface area contributed by atoms with Crippen LogP contribution in [0.1, 0.15) is 36.9 Å². The van der Waals surface area contributed by atoms with Crippen LogP contribution in [-0.4, -0.2) is 19.1 Å². The summed E-state index contributed by atoms with van der Waals surface area (Å²) in [5.74, 6) is 0.307. The fraction of sp³-hybridized carbons (Fsp3) is 0.533. The number of carbonyl (C=O) groups excluding carboxylic acids is 1. The van der Waals surface area contributed by atoms with E-state index in [9.17, 15) is 4.79 Å². The molecule has 0 aliphatic heterocycles.